The fourth-order valence-electron chi connectivity index (χ4n) is 4.98. The predicted octanol–water partition coefficient (Wildman–Crippen LogP) is 4.67. The van der Waals surface area contributed by atoms with Crippen LogP contribution in [0.4, 0.5) is 18.9 Å². The van der Waals surface area contributed by atoms with Crippen LogP contribution >= 0.6 is 11.6 Å². The first-order valence-corrected chi connectivity index (χ1v) is 11.3. The Morgan fingerprint density at radius 3 is 2.61 bits per heavy atom. The highest BCUT2D eigenvalue weighted by Gasteiger charge is 2.37. The Morgan fingerprint density at radius 2 is 1.97 bits per heavy atom. The first-order valence-electron chi connectivity index (χ1n) is 10.9. The minimum absolute atomic E-state index is 0.170. The molecule has 1 aliphatic heterocycles. The van der Waals surface area contributed by atoms with Crippen LogP contribution in [0.5, 0.6) is 0 Å². The lowest BCUT2D eigenvalue weighted by molar-refractivity contribution is -0.147. The minimum atomic E-state index is -4.57. The van der Waals surface area contributed by atoms with Gasteiger partial charge in [-0.2, -0.15) is 13.2 Å². The van der Waals surface area contributed by atoms with Crippen molar-refractivity contribution in [1.29, 1.82) is 0 Å². The molecule has 5 nitrogen and oxygen atoms in total. The van der Waals surface area contributed by atoms with Gasteiger partial charge in [-0.05, 0) is 60.2 Å². The van der Waals surface area contributed by atoms with E-state index in [0.717, 1.165) is 29.2 Å². The number of rotatable bonds is 7. The third-order valence-corrected chi connectivity index (χ3v) is 7.05. The smallest absolute Gasteiger partial charge is 0.417 e. The molecule has 1 atom stereocenters. The van der Waals surface area contributed by atoms with E-state index >= 15 is 0 Å². The highest BCUT2D eigenvalue weighted by Crippen LogP contribution is 2.43. The number of aryl methyl sites for hydroxylation is 1. The number of benzene rings is 2. The Kier molecular flexibility index (Phi) is 6.62. The molecule has 0 bridgehead atoms. The number of likely N-dealkylation sites (tertiary alicyclic amines) is 1. The number of hydrogen-bond donors (Lipinski definition) is 2. The minimum Gasteiger partial charge on any atom is -0.481 e. The SMILES string of the molecule is Cc1ccc2c(c1CN1CC(C(=O)O)C1)CCC2N(CCO)c1ccc(Cl)c(C(F)(F)F)c1. The molecule has 2 aliphatic rings. The number of anilines is 1. The molecular formula is C24H26ClF3N2O3. The summed E-state index contributed by atoms with van der Waals surface area (Å²) < 4.78 is 40.3. The van der Waals surface area contributed by atoms with Gasteiger partial charge in [-0.25, -0.2) is 0 Å². The van der Waals surface area contributed by atoms with Gasteiger partial charge in [0.05, 0.1) is 29.2 Å². The van der Waals surface area contributed by atoms with E-state index in [1.165, 1.54) is 11.6 Å². The fourth-order valence-corrected chi connectivity index (χ4v) is 5.20. The van der Waals surface area contributed by atoms with E-state index in [2.05, 4.69) is 4.90 Å². The molecule has 0 saturated carbocycles. The van der Waals surface area contributed by atoms with E-state index in [1.54, 1.807) is 6.07 Å². The zero-order chi connectivity index (χ0) is 23.9. The van der Waals surface area contributed by atoms with Crippen molar-refractivity contribution >= 4 is 23.3 Å². The van der Waals surface area contributed by atoms with Crippen LogP contribution in [-0.2, 0) is 23.9 Å². The van der Waals surface area contributed by atoms with Crippen molar-refractivity contribution in [2.45, 2.75) is 38.5 Å². The van der Waals surface area contributed by atoms with Gasteiger partial charge in [0.25, 0.3) is 0 Å². The van der Waals surface area contributed by atoms with Crippen molar-refractivity contribution in [3.8, 4) is 0 Å². The number of carboxylic acid groups (broad SMARTS) is 1. The van der Waals surface area contributed by atoms with Crippen LogP contribution < -0.4 is 4.90 Å². The average Bonchev–Trinajstić information content (AvgIpc) is 3.13. The molecule has 9 heteroatoms. The van der Waals surface area contributed by atoms with Crippen LogP contribution in [0, 0.1) is 12.8 Å². The van der Waals surface area contributed by atoms with Crippen LogP contribution in [0.3, 0.4) is 0 Å². The normalized spacial score (nSPS) is 18.8. The first kappa shape index (κ1) is 23.9. The summed E-state index contributed by atoms with van der Waals surface area (Å²) >= 11 is 5.81. The molecule has 0 spiro atoms. The lowest BCUT2D eigenvalue weighted by Crippen LogP contribution is -2.49. The van der Waals surface area contributed by atoms with Gasteiger partial charge in [0.2, 0.25) is 0 Å². The topological polar surface area (TPSA) is 64.0 Å². The van der Waals surface area contributed by atoms with Crippen LogP contribution in [0.15, 0.2) is 30.3 Å². The molecule has 2 aromatic rings. The summed E-state index contributed by atoms with van der Waals surface area (Å²) in [6.07, 6.45) is -3.08. The van der Waals surface area contributed by atoms with Crippen molar-refractivity contribution in [2.24, 2.45) is 5.92 Å². The molecule has 0 aromatic heterocycles. The van der Waals surface area contributed by atoms with Gasteiger partial charge in [0.15, 0.2) is 0 Å². The quantitative estimate of drug-likeness (QED) is 0.600. The standard InChI is InChI=1S/C24H26ClF3N2O3/c1-14-2-4-18-17(19(14)13-29-11-15(12-29)23(32)33)5-7-22(18)30(8-9-31)16-3-6-21(25)20(10-16)24(26,27)28/h2-4,6,10,15,22,31H,5,7-9,11-13H2,1H3,(H,32,33). The Bertz CT molecular complexity index is 1050. The molecule has 4 rings (SSSR count). The van der Waals surface area contributed by atoms with Crippen molar-refractivity contribution in [2.75, 3.05) is 31.1 Å². The van der Waals surface area contributed by atoms with Crippen molar-refractivity contribution in [3.63, 3.8) is 0 Å². The number of alkyl halides is 3. The molecule has 0 amide bonds. The Morgan fingerprint density at radius 1 is 1.24 bits per heavy atom. The highest BCUT2D eigenvalue weighted by molar-refractivity contribution is 6.31. The van der Waals surface area contributed by atoms with Crippen LogP contribution in [0.25, 0.3) is 0 Å². The highest BCUT2D eigenvalue weighted by atomic mass is 35.5. The third kappa shape index (κ3) is 4.69. The second-order valence-corrected chi connectivity index (χ2v) is 9.20. The van der Waals surface area contributed by atoms with Crippen LogP contribution in [0.2, 0.25) is 5.02 Å². The molecule has 1 aliphatic carbocycles. The maximum atomic E-state index is 13.4. The predicted molar refractivity (Wildman–Crippen MR) is 120 cm³/mol. The summed E-state index contributed by atoms with van der Waals surface area (Å²) in [4.78, 5) is 15.0. The molecule has 178 valence electrons. The van der Waals surface area contributed by atoms with Crippen molar-refractivity contribution in [1.82, 2.24) is 4.90 Å². The number of carboxylic acids is 1. The van der Waals surface area contributed by atoms with Gasteiger partial charge in [0.1, 0.15) is 0 Å². The zero-order valence-corrected chi connectivity index (χ0v) is 19.0. The summed E-state index contributed by atoms with van der Waals surface area (Å²) in [6.45, 7) is 3.72. The summed E-state index contributed by atoms with van der Waals surface area (Å²) in [5.74, 6) is -1.11. The average molecular weight is 483 g/mol. The van der Waals surface area contributed by atoms with Gasteiger partial charge in [-0.15, -0.1) is 0 Å². The number of nitrogens with zero attached hydrogens (tertiary/aromatic N) is 2. The fraction of sp³-hybridized carbons (Fsp3) is 0.458. The van der Waals surface area contributed by atoms with Gasteiger partial charge < -0.3 is 15.1 Å². The Hall–Kier alpha value is -2.29. The van der Waals surface area contributed by atoms with Crippen molar-refractivity contribution < 1.29 is 28.2 Å². The van der Waals surface area contributed by atoms with E-state index in [4.69, 9.17) is 16.7 Å². The number of halogens is 4. The molecule has 1 heterocycles. The lowest BCUT2D eigenvalue weighted by atomic mass is 9.93. The Labute approximate surface area is 195 Å². The largest absolute Gasteiger partial charge is 0.481 e. The molecule has 1 unspecified atom stereocenters. The van der Waals surface area contributed by atoms with E-state index in [9.17, 15) is 23.1 Å². The van der Waals surface area contributed by atoms with Crippen LogP contribution in [-0.4, -0.2) is 47.3 Å². The number of fused-ring (bicyclic) bond motifs is 1. The number of aliphatic hydroxyl groups is 1. The molecule has 0 radical (unpaired) electrons. The van der Waals surface area contributed by atoms with Gasteiger partial charge in [-0.1, -0.05) is 23.7 Å². The second kappa shape index (κ2) is 9.16. The summed E-state index contributed by atoms with van der Waals surface area (Å²) in [5, 5.41) is 18.5. The molecule has 2 N–H and O–H groups in total. The maximum Gasteiger partial charge on any atom is 0.417 e. The van der Waals surface area contributed by atoms with E-state index in [1.807, 2.05) is 24.0 Å². The van der Waals surface area contributed by atoms with Gasteiger partial charge in [-0.3, -0.25) is 9.69 Å². The molecule has 33 heavy (non-hydrogen) atoms. The second-order valence-electron chi connectivity index (χ2n) is 8.79. The number of hydrogen-bond acceptors (Lipinski definition) is 4. The zero-order valence-electron chi connectivity index (χ0n) is 18.2. The third-order valence-electron chi connectivity index (χ3n) is 6.72. The number of aliphatic carboxylic acids is 1. The summed E-state index contributed by atoms with van der Waals surface area (Å²) in [5.41, 5.74) is 3.98. The first-order chi connectivity index (χ1) is 15.6. The van der Waals surface area contributed by atoms with Crippen LogP contribution in [0.1, 0.15) is 40.3 Å². The van der Waals surface area contributed by atoms with E-state index in [0.29, 0.717) is 31.7 Å². The van der Waals surface area contributed by atoms with Crippen molar-refractivity contribution in [3.05, 3.63) is 63.2 Å². The van der Waals surface area contributed by atoms with E-state index in [-0.39, 0.29) is 30.1 Å². The van der Waals surface area contributed by atoms with Gasteiger partial charge in [0, 0.05) is 31.9 Å². The number of carbonyl (C=O) groups is 1. The maximum absolute atomic E-state index is 13.4. The monoisotopic (exact) mass is 482 g/mol. The lowest BCUT2D eigenvalue weighted by Gasteiger charge is -2.37. The molecular weight excluding hydrogens is 457 g/mol. The molecule has 2 aromatic carbocycles. The molecule has 1 saturated heterocycles. The molecule has 1 fully saturated rings. The Balaban J connectivity index is 1.64. The number of aliphatic hydroxyl groups excluding tert-OH is 1. The van der Waals surface area contributed by atoms with Gasteiger partial charge >= 0.3 is 12.1 Å². The summed E-state index contributed by atoms with van der Waals surface area (Å²) in [6, 6.07) is 7.73. The van der Waals surface area contributed by atoms with E-state index < -0.39 is 17.7 Å². The summed E-state index contributed by atoms with van der Waals surface area (Å²) in [7, 11) is 0.